The molecule has 0 saturated carbocycles. The second-order valence-corrected chi connectivity index (χ2v) is 13.7. The second kappa shape index (κ2) is 64.2. The molecular weight excluding hydrogens is 1060 g/mol. The van der Waals surface area contributed by atoms with Gasteiger partial charge in [0.05, 0.1) is 62.6 Å². The van der Waals surface area contributed by atoms with Crippen molar-refractivity contribution >= 4 is 62.6 Å². The first-order valence-corrected chi connectivity index (χ1v) is 17.5. The molecule has 52 heteroatoms. The molecule has 52 heavy (non-hydrogen) atoms. The van der Waals surface area contributed by atoms with Crippen LogP contribution in [0.1, 0.15) is 0 Å². The quantitative estimate of drug-likeness (QED) is 0.161. The summed E-state index contributed by atoms with van der Waals surface area (Å²) in [5, 5.41) is 0. The van der Waals surface area contributed by atoms with Crippen LogP contribution in [0.2, 0.25) is 0 Å². The van der Waals surface area contributed by atoms with E-state index < -0.39 is 62.6 Å². The van der Waals surface area contributed by atoms with Gasteiger partial charge in [0.25, 0.3) is 0 Å². The molecule has 0 aliphatic heterocycles. The first-order chi connectivity index (χ1) is 14.8. The van der Waals surface area contributed by atoms with Crippen LogP contribution in [0.25, 0.3) is 0 Å². The van der Waals surface area contributed by atoms with Crippen molar-refractivity contribution in [3.63, 3.8) is 0 Å². The third-order valence-electron chi connectivity index (χ3n) is 0.800. The normalized spacial score (nSPS) is 9.54. The van der Waals surface area contributed by atoms with Crippen molar-refractivity contribution in [3.8, 4) is 0 Å². The average molecular weight is 1060 g/mol. The third-order valence-corrected chi connectivity index (χ3v) is 7.20. The summed E-state index contributed by atoms with van der Waals surface area (Å²) in [4.78, 5) is 149. The van der Waals surface area contributed by atoms with E-state index in [1.165, 1.54) is 0 Å². The Labute approximate surface area is 650 Å². The average Bonchev–Trinajstić information content (AvgIpc) is 2.19. The number of rotatable bonds is 8. The molecule has 0 radical (unpaired) electrons. The van der Waals surface area contributed by atoms with Gasteiger partial charge in [-0.05, 0) is 0 Å². The maximum atomic E-state index is 9.32. The Morgan fingerprint density at radius 1 is 0.173 bits per heavy atom. The topological polar surface area (TPSA) is 542 Å². The molecule has 0 fully saturated rings. The molecule has 0 bridgehead atoms. The predicted molar refractivity (Wildman–Crippen MR) is 65.2 cm³/mol. The fourth-order valence-electron chi connectivity index (χ4n) is 0.490. The van der Waals surface area contributed by atoms with Gasteiger partial charge in [-0.15, -0.1) is 0 Å². The molecule has 0 rings (SSSR count). The van der Waals surface area contributed by atoms with Crippen molar-refractivity contribution in [2.24, 2.45) is 0 Å². The van der Waals surface area contributed by atoms with Gasteiger partial charge in [0, 0.05) is 0 Å². The van der Waals surface area contributed by atoms with E-state index in [4.69, 9.17) is 0 Å². The van der Waals surface area contributed by atoms with Crippen molar-refractivity contribution < 1.29 is 605 Å². The summed E-state index contributed by atoms with van der Waals surface area (Å²) in [6.45, 7) is 0. The van der Waals surface area contributed by atoms with E-state index in [0.29, 0.717) is 0 Å². The minimum Gasteiger partial charge on any atom is -0.790 e. The molecular formula is Na16O28P8. The van der Waals surface area contributed by atoms with Crippen molar-refractivity contribution in [2.45, 2.75) is 0 Å². The van der Waals surface area contributed by atoms with E-state index in [1.54, 1.807) is 0 Å². The molecule has 0 saturated heterocycles. The minimum atomic E-state index is -5.68. The fraction of sp³-hybridized carbons (Fsp3) is 0. The summed E-state index contributed by atoms with van der Waals surface area (Å²) < 4.78 is 84.7. The van der Waals surface area contributed by atoms with Gasteiger partial charge in [-0.3, -0.25) is 0 Å². The molecule has 0 aliphatic rings. The first kappa shape index (κ1) is 133. The Morgan fingerprint density at radius 2 is 0.212 bits per heavy atom. The van der Waals surface area contributed by atoms with Gasteiger partial charge in [-0.2, -0.15) is 0 Å². The van der Waals surface area contributed by atoms with Crippen LogP contribution in [-0.4, -0.2) is 0 Å². The summed E-state index contributed by atoms with van der Waals surface area (Å²) in [5.41, 5.74) is 0. The van der Waals surface area contributed by atoms with Gasteiger partial charge in [-0.25, -0.2) is 0 Å². The van der Waals surface area contributed by atoms with Crippen molar-refractivity contribution in [3.05, 3.63) is 0 Å². The Kier molecular flexibility index (Phi) is 164. The van der Waals surface area contributed by atoms with Crippen LogP contribution in [-0.2, 0) is 53.8 Å². The summed E-state index contributed by atoms with van der Waals surface area (Å²) in [6.07, 6.45) is 0. The molecule has 0 heterocycles. The van der Waals surface area contributed by atoms with Crippen molar-refractivity contribution in [1.82, 2.24) is 0 Å². The SMILES string of the molecule is O=P([O-])([O-])OP(=O)([O-])[O-].O=P([O-])([O-])OP(=O)([O-])[O-].O=P([O-])([O-])OP(=O)([O-])[O-].O=P([O-])([O-])OP(=O)([O-])[O-].[Na+].[Na+].[Na+].[Na+].[Na+].[Na+].[Na+].[Na+].[Na+].[Na+].[Na+].[Na+].[Na+].[Na+].[Na+].[Na+]. The van der Waals surface area contributed by atoms with E-state index in [2.05, 4.69) is 17.2 Å². The molecule has 0 aromatic rings. The van der Waals surface area contributed by atoms with Gasteiger partial charge in [0.1, 0.15) is 0 Å². The van der Waals surface area contributed by atoms with Crippen LogP contribution in [0.15, 0.2) is 0 Å². The van der Waals surface area contributed by atoms with Gasteiger partial charge in [0.2, 0.25) is 0 Å². The van der Waals surface area contributed by atoms with Crippen LogP contribution in [0, 0.1) is 0 Å². The third kappa shape index (κ3) is 174. The molecule has 0 aliphatic carbocycles. The number of phosphoric acid groups is 8. The van der Waals surface area contributed by atoms with Gasteiger partial charge < -0.3 is 132 Å². The predicted octanol–water partition coefficient (Wildman–Crippen LogP) is -61.3. The smallest absolute Gasteiger partial charge is 0.790 e. The van der Waals surface area contributed by atoms with Gasteiger partial charge >= 0.3 is 473 Å². The zero-order valence-corrected chi connectivity index (χ0v) is 70.2. The minimum absolute atomic E-state index is 0. The van der Waals surface area contributed by atoms with Crippen LogP contribution in [0.3, 0.4) is 0 Å². The van der Waals surface area contributed by atoms with Gasteiger partial charge in [0.15, 0.2) is 0 Å². The zero-order valence-electron chi connectivity index (χ0n) is 31.0. The maximum absolute atomic E-state index is 9.32. The Hall–Kier alpha value is 17.0. The summed E-state index contributed by atoms with van der Waals surface area (Å²) in [6, 6.07) is 0. The van der Waals surface area contributed by atoms with Gasteiger partial charge in [-0.1, -0.05) is 0 Å². The summed E-state index contributed by atoms with van der Waals surface area (Å²) in [5.74, 6) is 0. The Morgan fingerprint density at radius 3 is 0.212 bits per heavy atom. The van der Waals surface area contributed by atoms with Crippen molar-refractivity contribution in [2.75, 3.05) is 0 Å². The zero-order chi connectivity index (χ0) is 30.8. The molecule has 224 valence electrons. The molecule has 0 unspecified atom stereocenters. The standard InChI is InChI=1S/16Na.4H4O7P2/c;;;;;;;;;;;;;;;;4*1-8(2,3)7-9(4,5)6/h;;;;;;;;;;;;;;;;4*(H2,1,2,3)(H2,4,5,6)/q16*+1;;;;/p-16. The number of hydrogen-bond donors (Lipinski definition) is 0. The molecule has 28 nitrogen and oxygen atoms in total. The molecule has 0 N–H and O–H groups in total. The van der Waals surface area contributed by atoms with E-state index in [9.17, 15) is 115 Å². The van der Waals surface area contributed by atoms with Crippen LogP contribution < -0.4 is 551 Å². The molecule has 0 amide bonds. The Bertz CT molecular complexity index is 804. The Balaban J connectivity index is -0.0000000132. The molecule has 0 aromatic heterocycles. The number of hydrogen-bond acceptors (Lipinski definition) is 28. The monoisotopic (exact) mass is 1060 g/mol. The van der Waals surface area contributed by atoms with E-state index in [0.717, 1.165) is 0 Å². The van der Waals surface area contributed by atoms with Crippen LogP contribution in [0.4, 0.5) is 0 Å². The maximum Gasteiger partial charge on any atom is 1.00 e. The van der Waals surface area contributed by atoms with Crippen molar-refractivity contribution in [1.29, 1.82) is 0 Å². The van der Waals surface area contributed by atoms with E-state index in [-0.39, 0.29) is 473 Å². The molecule has 0 spiro atoms. The molecule has 0 atom stereocenters. The van der Waals surface area contributed by atoms with E-state index >= 15 is 0 Å². The second-order valence-electron chi connectivity index (χ2n) is 3.90. The van der Waals surface area contributed by atoms with Crippen LogP contribution in [0.5, 0.6) is 0 Å². The largest absolute Gasteiger partial charge is 1.00 e. The molecule has 0 aromatic carbocycles. The summed E-state index contributed by atoms with van der Waals surface area (Å²) >= 11 is 0. The van der Waals surface area contributed by atoms with E-state index in [1.807, 2.05) is 0 Å². The summed E-state index contributed by atoms with van der Waals surface area (Å²) in [7, 11) is -45.4. The fourth-order valence-corrected chi connectivity index (χ4v) is 4.41. The first-order valence-electron chi connectivity index (χ1n) is 5.84. The van der Waals surface area contributed by atoms with Crippen LogP contribution >= 0.6 is 62.6 Å².